The van der Waals surface area contributed by atoms with Gasteiger partial charge in [-0.1, -0.05) is 19.3 Å². The summed E-state index contributed by atoms with van der Waals surface area (Å²) in [4.78, 5) is 14.0. The van der Waals surface area contributed by atoms with Crippen molar-refractivity contribution in [1.82, 2.24) is 4.90 Å². The first kappa shape index (κ1) is 12.8. The van der Waals surface area contributed by atoms with Gasteiger partial charge in [0.2, 0.25) is 0 Å². The molecule has 0 aromatic rings. The molecule has 4 heteroatoms. The van der Waals surface area contributed by atoms with Crippen LogP contribution in [0.2, 0.25) is 0 Å². The molecule has 1 N–H and O–H groups in total. The summed E-state index contributed by atoms with van der Waals surface area (Å²) in [6.07, 6.45) is 6.58. The number of hydrogen-bond donors (Lipinski definition) is 1. The van der Waals surface area contributed by atoms with Gasteiger partial charge in [-0.25, -0.2) is 0 Å². The topological polar surface area (TPSA) is 49.8 Å². The second-order valence-corrected chi connectivity index (χ2v) is 5.27. The zero-order valence-corrected chi connectivity index (χ0v) is 10.6. The van der Waals surface area contributed by atoms with Crippen LogP contribution in [0.3, 0.4) is 0 Å². The van der Waals surface area contributed by atoms with Crippen LogP contribution >= 0.6 is 0 Å². The van der Waals surface area contributed by atoms with Crippen LogP contribution in [0.1, 0.15) is 38.5 Å². The van der Waals surface area contributed by atoms with Crippen LogP contribution in [-0.2, 0) is 9.53 Å². The molecule has 4 nitrogen and oxygen atoms in total. The van der Waals surface area contributed by atoms with Crippen LogP contribution < -0.4 is 0 Å². The third-order valence-electron chi connectivity index (χ3n) is 4.20. The van der Waals surface area contributed by atoms with Crippen molar-refractivity contribution >= 4 is 5.97 Å². The predicted octanol–water partition coefficient (Wildman–Crippen LogP) is 1.17. The molecule has 17 heavy (non-hydrogen) atoms. The number of likely N-dealkylation sites (tertiary alicyclic amines) is 1. The summed E-state index contributed by atoms with van der Waals surface area (Å²) in [5.74, 6) is -0.617. The van der Waals surface area contributed by atoms with Crippen molar-refractivity contribution in [3.05, 3.63) is 0 Å². The van der Waals surface area contributed by atoms with Crippen LogP contribution in [0.25, 0.3) is 0 Å². The largest absolute Gasteiger partial charge is 0.469 e. The number of aliphatic hydroxyl groups is 1. The van der Waals surface area contributed by atoms with Gasteiger partial charge in [-0.2, -0.15) is 0 Å². The molecule has 1 aliphatic carbocycles. The van der Waals surface area contributed by atoms with Gasteiger partial charge >= 0.3 is 5.97 Å². The van der Waals surface area contributed by atoms with E-state index in [0.29, 0.717) is 19.0 Å². The Balaban J connectivity index is 1.94. The summed E-state index contributed by atoms with van der Waals surface area (Å²) in [6.45, 7) is 1.58. The Labute approximate surface area is 103 Å². The van der Waals surface area contributed by atoms with E-state index >= 15 is 0 Å². The van der Waals surface area contributed by atoms with Gasteiger partial charge in [-0.3, -0.25) is 9.69 Å². The van der Waals surface area contributed by atoms with Gasteiger partial charge in [-0.05, 0) is 19.3 Å². The molecule has 98 valence electrons. The number of nitrogens with zero attached hydrogens (tertiary/aromatic N) is 1. The standard InChI is InChI=1S/C13H23NO3/c1-17-13(16)11-9-14(8-7-12(11)15)10-5-3-2-4-6-10/h10-12,15H,2-9H2,1H3. The number of carbonyl (C=O) groups is 1. The molecule has 1 heterocycles. The fraction of sp³-hybridized carbons (Fsp3) is 0.923. The number of hydrogen-bond acceptors (Lipinski definition) is 4. The van der Waals surface area contributed by atoms with Crippen LogP contribution in [0.4, 0.5) is 0 Å². The van der Waals surface area contributed by atoms with Gasteiger partial charge in [-0.15, -0.1) is 0 Å². The normalized spacial score (nSPS) is 32.4. The number of methoxy groups -OCH3 is 1. The summed E-state index contributed by atoms with van der Waals surface area (Å²) in [5, 5.41) is 9.86. The summed E-state index contributed by atoms with van der Waals surface area (Å²) in [6, 6.07) is 0.614. The number of ether oxygens (including phenoxy) is 1. The number of rotatable bonds is 2. The van der Waals surface area contributed by atoms with E-state index in [2.05, 4.69) is 4.90 Å². The van der Waals surface area contributed by atoms with Gasteiger partial charge in [0.05, 0.1) is 19.1 Å². The Morgan fingerprint density at radius 2 is 1.94 bits per heavy atom. The van der Waals surface area contributed by atoms with Crippen molar-refractivity contribution in [2.45, 2.75) is 50.7 Å². The first-order valence-electron chi connectivity index (χ1n) is 6.72. The number of piperidine rings is 1. The van der Waals surface area contributed by atoms with Gasteiger partial charge in [0, 0.05) is 19.1 Å². The highest BCUT2D eigenvalue weighted by Gasteiger charge is 2.36. The molecule has 1 aliphatic heterocycles. The summed E-state index contributed by atoms with van der Waals surface area (Å²) < 4.78 is 4.77. The summed E-state index contributed by atoms with van der Waals surface area (Å²) in [7, 11) is 1.40. The van der Waals surface area contributed by atoms with E-state index < -0.39 is 6.10 Å². The number of esters is 1. The monoisotopic (exact) mass is 241 g/mol. The first-order chi connectivity index (χ1) is 8.22. The molecule has 0 bridgehead atoms. The predicted molar refractivity (Wildman–Crippen MR) is 64.6 cm³/mol. The van der Waals surface area contributed by atoms with Gasteiger partial charge in [0.15, 0.2) is 0 Å². The maximum Gasteiger partial charge on any atom is 0.312 e. The van der Waals surface area contributed by atoms with Gasteiger partial charge < -0.3 is 9.84 Å². The highest BCUT2D eigenvalue weighted by atomic mass is 16.5. The Bertz CT molecular complexity index is 263. The molecule has 2 atom stereocenters. The van der Waals surface area contributed by atoms with E-state index in [-0.39, 0.29) is 11.9 Å². The molecule has 0 aromatic carbocycles. The second kappa shape index (κ2) is 5.83. The lowest BCUT2D eigenvalue weighted by molar-refractivity contribution is -0.153. The van der Waals surface area contributed by atoms with Gasteiger partial charge in [0.1, 0.15) is 0 Å². The van der Waals surface area contributed by atoms with E-state index in [1.54, 1.807) is 0 Å². The lowest BCUT2D eigenvalue weighted by Gasteiger charge is -2.41. The van der Waals surface area contributed by atoms with Crippen LogP contribution in [-0.4, -0.2) is 48.3 Å². The van der Waals surface area contributed by atoms with Gasteiger partial charge in [0.25, 0.3) is 0 Å². The molecule has 0 radical (unpaired) electrons. The van der Waals surface area contributed by atoms with Crippen molar-refractivity contribution in [3.8, 4) is 0 Å². The molecular weight excluding hydrogens is 218 g/mol. The Kier molecular flexibility index (Phi) is 4.40. The van der Waals surface area contributed by atoms with E-state index in [9.17, 15) is 9.90 Å². The van der Waals surface area contributed by atoms with Crippen LogP contribution in [0, 0.1) is 5.92 Å². The zero-order chi connectivity index (χ0) is 12.3. The Morgan fingerprint density at radius 1 is 1.24 bits per heavy atom. The minimum atomic E-state index is -0.526. The lowest BCUT2D eigenvalue weighted by atomic mass is 9.89. The smallest absolute Gasteiger partial charge is 0.312 e. The van der Waals surface area contributed by atoms with E-state index in [4.69, 9.17) is 4.74 Å². The fourth-order valence-electron chi connectivity index (χ4n) is 3.13. The minimum Gasteiger partial charge on any atom is -0.469 e. The Morgan fingerprint density at radius 3 is 2.59 bits per heavy atom. The molecule has 0 spiro atoms. The molecule has 2 unspecified atom stereocenters. The van der Waals surface area contributed by atoms with Crippen molar-refractivity contribution in [3.63, 3.8) is 0 Å². The number of aliphatic hydroxyl groups excluding tert-OH is 1. The summed E-state index contributed by atoms with van der Waals surface area (Å²) in [5.41, 5.74) is 0. The van der Waals surface area contributed by atoms with Crippen molar-refractivity contribution in [2.24, 2.45) is 5.92 Å². The minimum absolute atomic E-state index is 0.266. The SMILES string of the molecule is COC(=O)C1CN(C2CCCCC2)CCC1O. The highest BCUT2D eigenvalue weighted by molar-refractivity contribution is 5.73. The van der Waals surface area contributed by atoms with Crippen molar-refractivity contribution in [1.29, 1.82) is 0 Å². The first-order valence-corrected chi connectivity index (χ1v) is 6.72. The molecule has 2 rings (SSSR count). The van der Waals surface area contributed by atoms with E-state index in [1.165, 1.54) is 39.2 Å². The molecular formula is C13H23NO3. The molecule has 2 aliphatic rings. The molecule has 1 saturated heterocycles. The van der Waals surface area contributed by atoms with Crippen LogP contribution in [0.15, 0.2) is 0 Å². The lowest BCUT2D eigenvalue weighted by Crippen LogP contribution is -2.51. The van der Waals surface area contributed by atoms with Crippen LogP contribution in [0.5, 0.6) is 0 Å². The number of carbonyl (C=O) groups excluding carboxylic acids is 1. The third-order valence-corrected chi connectivity index (χ3v) is 4.20. The second-order valence-electron chi connectivity index (χ2n) is 5.27. The summed E-state index contributed by atoms with van der Waals surface area (Å²) >= 11 is 0. The maximum absolute atomic E-state index is 11.6. The highest BCUT2D eigenvalue weighted by Crippen LogP contribution is 2.27. The van der Waals surface area contributed by atoms with E-state index in [1.807, 2.05) is 0 Å². The molecule has 0 aromatic heterocycles. The molecule has 2 fully saturated rings. The van der Waals surface area contributed by atoms with E-state index in [0.717, 1.165) is 6.54 Å². The average Bonchev–Trinajstić information content (AvgIpc) is 2.39. The Hall–Kier alpha value is -0.610. The van der Waals surface area contributed by atoms with Crippen molar-refractivity contribution < 1.29 is 14.6 Å². The average molecular weight is 241 g/mol. The quantitative estimate of drug-likeness (QED) is 0.737. The third kappa shape index (κ3) is 2.99. The maximum atomic E-state index is 11.6. The zero-order valence-electron chi connectivity index (χ0n) is 10.6. The molecule has 1 saturated carbocycles. The molecule has 0 amide bonds. The van der Waals surface area contributed by atoms with Crippen molar-refractivity contribution in [2.75, 3.05) is 20.2 Å². The fourth-order valence-corrected chi connectivity index (χ4v) is 3.13.